The van der Waals surface area contributed by atoms with Crippen LogP contribution in [0.1, 0.15) is 32.8 Å². The van der Waals surface area contributed by atoms with Crippen LogP contribution in [-0.4, -0.2) is 37.6 Å². The average Bonchev–Trinajstić information content (AvgIpc) is 2.45. The minimum absolute atomic E-state index is 0. The van der Waals surface area contributed by atoms with Gasteiger partial charge < -0.3 is 15.4 Å². The van der Waals surface area contributed by atoms with Gasteiger partial charge in [0.2, 0.25) is 5.91 Å². The number of aryl methyl sites for hydroxylation is 1. The zero-order valence-corrected chi connectivity index (χ0v) is 15.1. The predicted molar refractivity (Wildman–Crippen MR) is 93.6 cm³/mol. The van der Waals surface area contributed by atoms with Crippen LogP contribution in [0.15, 0.2) is 24.3 Å². The molecule has 22 heavy (non-hydrogen) atoms. The Morgan fingerprint density at radius 2 is 1.82 bits per heavy atom. The largest absolute Gasteiger partial charge is 0.497 e. The van der Waals surface area contributed by atoms with Crippen molar-refractivity contribution in [1.29, 1.82) is 0 Å². The second kappa shape index (κ2) is 9.01. The average molecular weight is 329 g/mol. The Hall–Kier alpha value is -1.26. The molecule has 5 heteroatoms. The van der Waals surface area contributed by atoms with E-state index in [1.807, 2.05) is 40.0 Å². The van der Waals surface area contributed by atoms with E-state index in [-0.39, 0.29) is 23.7 Å². The van der Waals surface area contributed by atoms with Crippen molar-refractivity contribution in [3.05, 3.63) is 29.8 Å². The molecule has 0 spiro atoms. The van der Waals surface area contributed by atoms with Gasteiger partial charge >= 0.3 is 0 Å². The molecule has 2 N–H and O–H groups in total. The van der Waals surface area contributed by atoms with Gasteiger partial charge in [-0.25, -0.2) is 0 Å². The molecule has 1 atom stereocenters. The molecule has 0 saturated carbocycles. The highest BCUT2D eigenvalue weighted by molar-refractivity contribution is 5.85. The summed E-state index contributed by atoms with van der Waals surface area (Å²) in [6.45, 7) is 6.68. The Morgan fingerprint density at radius 1 is 1.27 bits per heavy atom. The first-order chi connectivity index (χ1) is 9.75. The number of likely N-dealkylation sites (N-methyl/N-ethyl adjacent to an activating group) is 1. The van der Waals surface area contributed by atoms with Crippen LogP contribution < -0.4 is 10.5 Å². The Kier molecular flexibility index (Phi) is 8.49. The first kappa shape index (κ1) is 20.7. The van der Waals surface area contributed by atoms with E-state index in [4.69, 9.17) is 10.5 Å². The number of methoxy groups -OCH3 is 1. The number of carbonyl (C=O) groups excluding carboxylic acids is 1. The number of nitrogens with zero attached hydrogens (tertiary/aromatic N) is 1. The van der Waals surface area contributed by atoms with Crippen LogP contribution in [0.3, 0.4) is 0 Å². The van der Waals surface area contributed by atoms with Crippen LogP contribution >= 0.6 is 12.4 Å². The lowest BCUT2D eigenvalue weighted by molar-refractivity contribution is -0.133. The summed E-state index contributed by atoms with van der Waals surface area (Å²) < 4.78 is 5.13. The normalized spacial score (nSPS) is 12.3. The van der Waals surface area contributed by atoms with Crippen LogP contribution in [-0.2, 0) is 11.2 Å². The number of carbonyl (C=O) groups is 1. The molecule has 0 aliphatic carbocycles. The zero-order chi connectivity index (χ0) is 16.0. The van der Waals surface area contributed by atoms with E-state index in [1.165, 1.54) is 5.56 Å². The van der Waals surface area contributed by atoms with Gasteiger partial charge in [0.25, 0.3) is 0 Å². The Morgan fingerprint density at radius 3 is 2.27 bits per heavy atom. The molecule has 1 rings (SSSR count). The molecule has 0 heterocycles. The molecule has 0 fully saturated rings. The standard InChI is InChI=1S/C17H28N2O2.ClH/c1-17(2,3)15(18)16(20)19(4)12-6-7-13-8-10-14(21-5)11-9-13;/h8-11,15H,6-7,12,18H2,1-5H3;1H/t15-;/m1./s1. The SMILES string of the molecule is COc1ccc(CCCN(C)C(=O)[C@@H](N)C(C)(C)C)cc1.Cl. The molecule has 0 bridgehead atoms. The Labute approximate surface area is 140 Å². The summed E-state index contributed by atoms with van der Waals surface area (Å²) in [5, 5.41) is 0. The van der Waals surface area contributed by atoms with Crippen LogP contribution in [0, 0.1) is 5.41 Å². The summed E-state index contributed by atoms with van der Waals surface area (Å²) in [7, 11) is 3.48. The maximum atomic E-state index is 12.2. The van der Waals surface area contributed by atoms with E-state index in [9.17, 15) is 4.79 Å². The van der Waals surface area contributed by atoms with Gasteiger partial charge in [-0.1, -0.05) is 32.9 Å². The smallest absolute Gasteiger partial charge is 0.239 e. The number of ether oxygens (including phenoxy) is 1. The molecule has 0 saturated heterocycles. The van der Waals surface area contributed by atoms with E-state index in [0.717, 1.165) is 18.6 Å². The van der Waals surface area contributed by atoms with E-state index in [2.05, 4.69) is 12.1 Å². The van der Waals surface area contributed by atoms with Crippen molar-refractivity contribution < 1.29 is 9.53 Å². The number of nitrogens with two attached hydrogens (primary N) is 1. The molecular weight excluding hydrogens is 300 g/mol. The third-order valence-corrected chi connectivity index (χ3v) is 3.69. The van der Waals surface area contributed by atoms with E-state index in [1.54, 1.807) is 12.0 Å². The Balaban J connectivity index is 0.00000441. The summed E-state index contributed by atoms with van der Waals surface area (Å²) in [4.78, 5) is 13.9. The van der Waals surface area contributed by atoms with Crippen molar-refractivity contribution in [2.45, 2.75) is 39.7 Å². The van der Waals surface area contributed by atoms with Crippen LogP contribution in [0.5, 0.6) is 5.75 Å². The number of amides is 1. The van der Waals surface area contributed by atoms with Gasteiger partial charge in [0.15, 0.2) is 0 Å². The van der Waals surface area contributed by atoms with Crippen molar-refractivity contribution in [2.75, 3.05) is 20.7 Å². The monoisotopic (exact) mass is 328 g/mol. The van der Waals surface area contributed by atoms with Gasteiger partial charge in [-0.3, -0.25) is 4.79 Å². The van der Waals surface area contributed by atoms with Gasteiger partial charge in [0.05, 0.1) is 13.2 Å². The van der Waals surface area contributed by atoms with Crippen molar-refractivity contribution in [1.82, 2.24) is 4.90 Å². The van der Waals surface area contributed by atoms with Crippen molar-refractivity contribution >= 4 is 18.3 Å². The molecule has 1 amide bonds. The molecule has 0 aliphatic heterocycles. The minimum Gasteiger partial charge on any atom is -0.497 e. The fourth-order valence-electron chi connectivity index (χ4n) is 2.03. The lowest BCUT2D eigenvalue weighted by Gasteiger charge is -2.30. The van der Waals surface area contributed by atoms with Gasteiger partial charge in [0, 0.05) is 13.6 Å². The van der Waals surface area contributed by atoms with E-state index >= 15 is 0 Å². The van der Waals surface area contributed by atoms with Gasteiger partial charge in [0.1, 0.15) is 5.75 Å². The number of halogens is 1. The summed E-state index contributed by atoms with van der Waals surface area (Å²) in [6.07, 6.45) is 1.86. The molecule has 1 aromatic rings. The third kappa shape index (κ3) is 6.24. The maximum Gasteiger partial charge on any atom is 0.239 e. The van der Waals surface area contributed by atoms with Crippen LogP contribution in [0.4, 0.5) is 0 Å². The lowest BCUT2D eigenvalue weighted by atomic mass is 9.86. The van der Waals surface area contributed by atoms with Crippen molar-refractivity contribution in [3.8, 4) is 5.75 Å². The summed E-state index contributed by atoms with van der Waals surface area (Å²) in [5.74, 6) is 0.874. The highest BCUT2D eigenvalue weighted by atomic mass is 35.5. The van der Waals surface area contributed by atoms with Crippen LogP contribution in [0.2, 0.25) is 0 Å². The highest BCUT2D eigenvalue weighted by Crippen LogP contribution is 2.19. The van der Waals surface area contributed by atoms with E-state index in [0.29, 0.717) is 6.54 Å². The molecule has 0 aromatic heterocycles. The minimum atomic E-state index is -0.455. The molecule has 0 radical (unpaired) electrons. The van der Waals surface area contributed by atoms with E-state index < -0.39 is 6.04 Å². The lowest BCUT2D eigenvalue weighted by Crippen LogP contribution is -2.49. The topological polar surface area (TPSA) is 55.6 Å². The summed E-state index contributed by atoms with van der Waals surface area (Å²) in [5.41, 5.74) is 7.04. The van der Waals surface area contributed by atoms with Gasteiger partial charge in [-0.2, -0.15) is 0 Å². The van der Waals surface area contributed by atoms with Crippen molar-refractivity contribution in [2.24, 2.45) is 11.1 Å². The summed E-state index contributed by atoms with van der Waals surface area (Å²) >= 11 is 0. The first-order valence-corrected chi connectivity index (χ1v) is 7.39. The third-order valence-electron chi connectivity index (χ3n) is 3.69. The maximum absolute atomic E-state index is 12.2. The zero-order valence-electron chi connectivity index (χ0n) is 14.3. The predicted octanol–water partition coefficient (Wildman–Crippen LogP) is 2.88. The second-order valence-electron chi connectivity index (χ2n) is 6.56. The number of hydrogen-bond acceptors (Lipinski definition) is 3. The highest BCUT2D eigenvalue weighted by Gasteiger charge is 2.29. The fourth-order valence-corrected chi connectivity index (χ4v) is 2.03. The van der Waals surface area contributed by atoms with Crippen molar-refractivity contribution in [3.63, 3.8) is 0 Å². The number of hydrogen-bond donors (Lipinski definition) is 1. The quantitative estimate of drug-likeness (QED) is 0.873. The van der Waals surface area contributed by atoms with Gasteiger partial charge in [-0.05, 0) is 36.0 Å². The molecule has 1 aromatic carbocycles. The summed E-state index contributed by atoms with van der Waals surface area (Å²) in [6, 6.07) is 7.58. The van der Waals surface area contributed by atoms with Gasteiger partial charge in [-0.15, -0.1) is 12.4 Å². The molecular formula is C17H29ClN2O2. The first-order valence-electron chi connectivity index (χ1n) is 7.39. The molecule has 4 nitrogen and oxygen atoms in total. The number of rotatable bonds is 6. The second-order valence-corrected chi connectivity index (χ2v) is 6.56. The molecule has 0 unspecified atom stereocenters. The fraction of sp³-hybridized carbons (Fsp3) is 0.588. The molecule has 0 aliphatic rings. The number of benzene rings is 1. The Bertz CT molecular complexity index is 455. The molecule has 126 valence electrons. The van der Waals surface area contributed by atoms with Crippen LogP contribution in [0.25, 0.3) is 0 Å².